The van der Waals surface area contributed by atoms with Crippen LogP contribution < -0.4 is 4.74 Å². The van der Waals surface area contributed by atoms with Crippen molar-refractivity contribution in [3.63, 3.8) is 0 Å². The maximum atomic E-state index is 12.0. The van der Waals surface area contributed by atoms with Gasteiger partial charge in [0.05, 0.1) is 11.6 Å². The fraction of sp³-hybridized carbons (Fsp3) is 0.0526. The highest BCUT2D eigenvalue weighted by Crippen LogP contribution is 2.28. The number of allylic oxidation sites excluding steroid dienone is 2. The monoisotopic (exact) mass is 417 g/mol. The number of methoxy groups -OCH3 is 1. The quantitative estimate of drug-likeness (QED) is 0.523. The highest BCUT2D eigenvalue weighted by Gasteiger charge is 2.24. The second-order valence-electron chi connectivity index (χ2n) is 5.13. The summed E-state index contributed by atoms with van der Waals surface area (Å²) in [5.74, 6) is 0.364. The predicted molar refractivity (Wildman–Crippen MR) is 102 cm³/mol. The van der Waals surface area contributed by atoms with E-state index in [0.717, 1.165) is 10.0 Å². The number of halogens is 2. The molecule has 0 atom stereocenters. The molecule has 1 aliphatic heterocycles. The zero-order valence-electron chi connectivity index (χ0n) is 13.2. The van der Waals surface area contributed by atoms with Crippen molar-refractivity contribution in [2.24, 2.45) is 4.99 Å². The van der Waals surface area contributed by atoms with Crippen molar-refractivity contribution in [2.75, 3.05) is 7.11 Å². The summed E-state index contributed by atoms with van der Waals surface area (Å²) in [4.78, 5) is 16.3. The summed E-state index contributed by atoms with van der Waals surface area (Å²) in [6, 6.07) is 14.9. The topological polar surface area (TPSA) is 47.9 Å². The maximum absolute atomic E-state index is 12.0. The molecule has 25 heavy (non-hydrogen) atoms. The van der Waals surface area contributed by atoms with Crippen molar-refractivity contribution in [3.8, 4) is 5.75 Å². The van der Waals surface area contributed by atoms with E-state index >= 15 is 0 Å². The van der Waals surface area contributed by atoms with Gasteiger partial charge >= 0.3 is 5.97 Å². The Balaban J connectivity index is 1.87. The molecule has 0 saturated heterocycles. The molecule has 0 bridgehead atoms. The third-order valence-electron chi connectivity index (χ3n) is 3.40. The van der Waals surface area contributed by atoms with Crippen molar-refractivity contribution in [1.82, 2.24) is 0 Å². The molecule has 0 fully saturated rings. The summed E-state index contributed by atoms with van der Waals surface area (Å²) in [5.41, 5.74) is 1.74. The number of carbonyl (C=O) groups is 1. The second kappa shape index (κ2) is 7.68. The third-order valence-corrected chi connectivity index (χ3v) is 4.24. The van der Waals surface area contributed by atoms with Gasteiger partial charge in [-0.1, -0.05) is 41.9 Å². The lowest BCUT2D eigenvalue weighted by Crippen LogP contribution is -2.05. The molecule has 0 radical (unpaired) electrons. The Hall–Kier alpha value is -2.37. The summed E-state index contributed by atoms with van der Waals surface area (Å²) in [6.45, 7) is 0. The molecule has 0 aromatic heterocycles. The Morgan fingerprint density at radius 2 is 2.00 bits per heavy atom. The molecule has 0 saturated carbocycles. The van der Waals surface area contributed by atoms with E-state index in [4.69, 9.17) is 21.1 Å². The van der Waals surface area contributed by atoms with E-state index in [1.807, 2.05) is 30.3 Å². The van der Waals surface area contributed by atoms with Crippen molar-refractivity contribution < 1.29 is 14.3 Å². The molecule has 6 heteroatoms. The molecular formula is C19H13BrClNO3. The number of aliphatic imine (C=N–C) groups is 1. The van der Waals surface area contributed by atoms with E-state index in [1.54, 1.807) is 31.4 Å². The van der Waals surface area contributed by atoms with Gasteiger partial charge < -0.3 is 9.47 Å². The average molecular weight is 419 g/mol. The zero-order chi connectivity index (χ0) is 17.8. The molecule has 1 heterocycles. The first kappa shape index (κ1) is 17.5. The van der Waals surface area contributed by atoms with Crippen molar-refractivity contribution in [3.05, 3.63) is 80.9 Å². The molecule has 3 rings (SSSR count). The zero-order valence-corrected chi connectivity index (χ0v) is 15.5. The van der Waals surface area contributed by atoms with Gasteiger partial charge in [-0.3, -0.25) is 0 Å². The summed E-state index contributed by atoms with van der Waals surface area (Å²) in [6.07, 6.45) is 3.24. The third kappa shape index (κ3) is 4.18. The highest BCUT2D eigenvalue weighted by molar-refractivity contribution is 9.10. The van der Waals surface area contributed by atoms with Crippen molar-refractivity contribution in [2.45, 2.75) is 0 Å². The van der Waals surface area contributed by atoms with Crippen LogP contribution in [0.1, 0.15) is 11.1 Å². The first-order valence-electron chi connectivity index (χ1n) is 7.35. The molecule has 126 valence electrons. The van der Waals surface area contributed by atoms with Crippen LogP contribution in [0, 0.1) is 0 Å². The molecule has 0 aliphatic carbocycles. The number of rotatable bonds is 4. The SMILES string of the molecule is COc1ccc(C2=N/C(=C\C(Cl)=C\c3ccccc3)C(=O)O2)cc1Br. The molecule has 0 amide bonds. The lowest BCUT2D eigenvalue weighted by Gasteiger charge is -2.05. The Kier molecular flexibility index (Phi) is 5.36. The summed E-state index contributed by atoms with van der Waals surface area (Å²) >= 11 is 9.60. The van der Waals surface area contributed by atoms with E-state index in [0.29, 0.717) is 16.3 Å². The lowest BCUT2D eigenvalue weighted by molar-refractivity contribution is -0.130. The number of cyclic esters (lactones) is 1. The highest BCUT2D eigenvalue weighted by atomic mass is 79.9. The van der Waals surface area contributed by atoms with E-state index in [-0.39, 0.29) is 11.6 Å². The minimum atomic E-state index is -0.540. The number of carbonyl (C=O) groups excluding carboxylic acids is 1. The van der Waals surface area contributed by atoms with Gasteiger partial charge in [-0.05, 0) is 51.8 Å². The standard InChI is InChI=1S/C19H13BrClNO3/c1-24-17-8-7-13(10-15(17)20)18-22-16(19(23)25-18)11-14(21)9-12-5-3-2-4-6-12/h2-11H,1H3/b14-9-,16-11-. The lowest BCUT2D eigenvalue weighted by atomic mass is 10.2. The van der Waals surface area contributed by atoms with Crippen LogP contribution in [0.5, 0.6) is 5.75 Å². The van der Waals surface area contributed by atoms with Crippen LogP contribution in [0.4, 0.5) is 0 Å². The van der Waals surface area contributed by atoms with E-state index in [2.05, 4.69) is 20.9 Å². The Labute approximate surface area is 158 Å². The number of nitrogens with zero attached hydrogens (tertiary/aromatic N) is 1. The minimum Gasteiger partial charge on any atom is -0.496 e. The van der Waals surface area contributed by atoms with Gasteiger partial charge in [-0.2, -0.15) is 0 Å². The van der Waals surface area contributed by atoms with Crippen LogP contribution in [-0.2, 0) is 9.53 Å². The number of benzene rings is 2. The Bertz CT molecular complexity index is 904. The van der Waals surface area contributed by atoms with Gasteiger partial charge in [0.15, 0.2) is 5.70 Å². The smallest absolute Gasteiger partial charge is 0.363 e. The number of esters is 1. The van der Waals surface area contributed by atoms with Crippen LogP contribution >= 0.6 is 27.5 Å². The van der Waals surface area contributed by atoms with Crippen molar-refractivity contribution in [1.29, 1.82) is 0 Å². The molecular weight excluding hydrogens is 406 g/mol. The normalized spacial score (nSPS) is 16.0. The van der Waals surface area contributed by atoms with Gasteiger partial charge in [-0.25, -0.2) is 9.79 Å². The first-order chi connectivity index (χ1) is 12.1. The van der Waals surface area contributed by atoms with Gasteiger partial charge in [0.2, 0.25) is 5.90 Å². The maximum Gasteiger partial charge on any atom is 0.363 e. The minimum absolute atomic E-state index is 0.152. The predicted octanol–water partition coefficient (Wildman–Crippen LogP) is 4.92. The van der Waals surface area contributed by atoms with E-state index in [1.165, 1.54) is 6.08 Å². The van der Waals surface area contributed by atoms with E-state index in [9.17, 15) is 4.79 Å². The Morgan fingerprint density at radius 1 is 1.24 bits per heavy atom. The number of hydrogen-bond acceptors (Lipinski definition) is 4. The van der Waals surface area contributed by atoms with Crippen LogP contribution in [0.15, 0.2) is 74.8 Å². The molecule has 0 unspecified atom stereocenters. The molecule has 0 spiro atoms. The summed E-state index contributed by atoms with van der Waals surface area (Å²) in [5, 5.41) is 0.388. The van der Waals surface area contributed by atoms with E-state index < -0.39 is 5.97 Å². The second-order valence-corrected chi connectivity index (χ2v) is 6.42. The van der Waals surface area contributed by atoms with Crippen molar-refractivity contribution >= 4 is 45.5 Å². The molecule has 1 aliphatic rings. The molecule has 0 N–H and O–H groups in total. The van der Waals surface area contributed by atoms with Gasteiger partial charge in [-0.15, -0.1) is 0 Å². The van der Waals surface area contributed by atoms with Gasteiger partial charge in [0, 0.05) is 10.6 Å². The van der Waals surface area contributed by atoms with Gasteiger partial charge in [0.1, 0.15) is 5.75 Å². The largest absolute Gasteiger partial charge is 0.496 e. The number of hydrogen-bond donors (Lipinski definition) is 0. The van der Waals surface area contributed by atoms with Crippen LogP contribution in [-0.4, -0.2) is 19.0 Å². The fourth-order valence-corrected chi connectivity index (χ4v) is 2.98. The fourth-order valence-electron chi connectivity index (χ4n) is 2.21. The molecule has 2 aromatic carbocycles. The van der Waals surface area contributed by atoms with Crippen LogP contribution in [0.25, 0.3) is 6.08 Å². The summed E-state index contributed by atoms with van der Waals surface area (Å²) in [7, 11) is 1.58. The summed E-state index contributed by atoms with van der Waals surface area (Å²) < 4.78 is 11.2. The van der Waals surface area contributed by atoms with Gasteiger partial charge in [0.25, 0.3) is 0 Å². The van der Waals surface area contributed by atoms with Crippen LogP contribution in [0.2, 0.25) is 0 Å². The molecule has 4 nitrogen and oxygen atoms in total. The first-order valence-corrected chi connectivity index (χ1v) is 8.52. The number of ether oxygens (including phenoxy) is 2. The molecule has 2 aromatic rings. The Morgan fingerprint density at radius 3 is 2.68 bits per heavy atom. The van der Waals surface area contributed by atoms with Crippen LogP contribution in [0.3, 0.4) is 0 Å². The average Bonchev–Trinajstić information content (AvgIpc) is 2.96.